The first-order valence-corrected chi connectivity index (χ1v) is 11.1. The fourth-order valence-corrected chi connectivity index (χ4v) is 4.72. The van der Waals surface area contributed by atoms with Crippen LogP contribution in [0.15, 0.2) is 36.4 Å². The summed E-state index contributed by atoms with van der Waals surface area (Å²) in [6.07, 6.45) is 0.948. The van der Waals surface area contributed by atoms with E-state index in [-0.39, 0.29) is 11.5 Å². The zero-order chi connectivity index (χ0) is 22.2. The second-order valence-electron chi connectivity index (χ2n) is 8.76. The molecule has 31 heavy (non-hydrogen) atoms. The fourth-order valence-electron chi connectivity index (χ4n) is 4.55. The van der Waals surface area contributed by atoms with E-state index in [4.69, 9.17) is 16.3 Å². The summed E-state index contributed by atoms with van der Waals surface area (Å²) in [6.45, 7) is 5.51. The average Bonchev–Trinajstić information content (AvgIpc) is 2.72. The number of fused-ring (bicyclic) bond motifs is 1. The number of β-amino-alcohol motifs (C(OH)–C–C–N with tert-alkyl or cyclic N) is 1. The van der Waals surface area contributed by atoms with Gasteiger partial charge in [-0.15, -0.1) is 0 Å². The average molecular weight is 445 g/mol. The lowest BCUT2D eigenvalue weighted by atomic mass is 9.81. The van der Waals surface area contributed by atoms with E-state index in [1.54, 1.807) is 12.1 Å². The van der Waals surface area contributed by atoms with E-state index in [2.05, 4.69) is 10.2 Å². The summed E-state index contributed by atoms with van der Waals surface area (Å²) in [4.78, 5) is 13.4. The van der Waals surface area contributed by atoms with Gasteiger partial charge in [0, 0.05) is 49.3 Å². The van der Waals surface area contributed by atoms with Crippen LogP contribution in [0.25, 0.3) is 0 Å². The van der Waals surface area contributed by atoms with Gasteiger partial charge < -0.3 is 25.2 Å². The number of anilines is 1. The molecular formula is C24H29ClN2O4. The molecule has 0 saturated carbocycles. The molecule has 1 fully saturated rings. The van der Waals surface area contributed by atoms with Gasteiger partial charge in [-0.05, 0) is 55.2 Å². The van der Waals surface area contributed by atoms with Crippen molar-refractivity contribution in [1.29, 1.82) is 0 Å². The molecule has 1 spiro atoms. The van der Waals surface area contributed by atoms with Crippen LogP contribution in [-0.2, 0) is 4.79 Å². The van der Waals surface area contributed by atoms with E-state index in [9.17, 15) is 15.0 Å². The van der Waals surface area contributed by atoms with E-state index in [0.717, 1.165) is 48.4 Å². The van der Waals surface area contributed by atoms with Crippen LogP contribution >= 0.6 is 11.6 Å². The largest absolute Gasteiger partial charge is 0.487 e. The van der Waals surface area contributed by atoms with Gasteiger partial charge in [0.1, 0.15) is 11.4 Å². The maximum atomic E-state index is 11.1. The SMILES string of the molecule is CC(=O)Nc1ccc([C@H](O)CN2CCC3(CC2)C[C@@H](O)c2cc(Cl)c(C)cc2O3)cc1. The highest BCUT2D eigenvalue weighted by Gasteiger charge is 2.43. The minimum absolute atomic E-state index is 0.119. The number of carbonyl (C=O) groups excluding carboxylic acids is 1. The fraction of sp³-hybridized carbons (Fsp3) is 0.458. The van der Waals surface area contributed by atoms with Gasteiger partial charge in [-0.2, -0.15) is 0 Å². The number of halogens is 1. The normalized spacial score (nSPS) is 21.3. The molecule has 2 aliphatic heterocycles. The Hall–Kier alpha value is -2.12. The number of piperidine rings is 1. The molecule has 3 N–H and O–H groups in total. The maximum Gasteiger partial charge on any atom is 0.221 e. The van der Waals surface area contributed by atoms with Gasteiger partial charge in [0.05, 0.1) is 12.2 Å². The standard InChI is InChI=1S/C24H29ClN2O4/c1-15-11-23-19(12-20(15)25)21(29)13-24(31-23)7-9-27(10-8-24)14-22(30)17-3-5-18(6-4-17)26-16(2)28/h3-6,11-12,21-22,29-30H,7-10,13-14H2,1-2H3,(H,26,28)/t21-,22-/m1/s1. The van der Waals surface area contributed by atoms with Gasteiger partial charge in [-0.3, -0.25) is 4.79 Å². The summed E-state index contributed by atoms with van der Waals surface area (Å²) in [5, 5.41) is 24.8. The lowest BCUT2D eigenvalue weighted by Crippen LogP contribution is -2.51. The van der Waals surface area contributed by atoms with E-state index >= 15 is 0 Å². The summed E-state index contributed by atoms with van der Waals surface area (Å²) in [5.74, 6) is 0.611. The molecular weight excluding hydrogens is 416 g/mol. The second kappa shape index (κ2) is 8.79. The van der Waals surface area contributed by atoms with Gasteiger partial charge in [-0.1, -0.05) is 23.7 Å². The second-order valence-corrected chi connectivity index (χ2v) is 9.17. The van der Waals surface area contributed by atoms with Crippen molar-refractivity contribution in [1.82, 2.24) is 4.90 Å². The van der Waals surface area contributed by atoms with E-state index in [1.807, 2.05) is 31.2 Å². The van der Waals surface area contributed by atoms with Crippen LogP contribution < -0.4 is 10.1 Å². The number of rotatable bonds is 4. The Morgan fingerprint density at radius 1 is 1.29 bits per heavy atom. The third-order valence-corrected chi connectivity index (χ3v) is 6.76. The van der Waals surface area contributed by atoms with Crippen molar-refractivity contribution in [2.45, 2.75) is 50.9 Å². The van der Waals surface area contributed by atoms with Gasteiger partial charge in [0.15, 0.2) is 0 Å². The number of carbonyl (C=O) groups is 1. The molecule has 0 bridgehead atoms. The Bertz CT molecular complexity index is 955. The van der Waals surface area contributed by atoms with Crippen molar-refractivity contribution in [2.24, 2.45) is 0 Å². The monoisotopic (exact) mass is 444 g/mol. The van der Waals surface area contributed by atoms with Crippen LogP contribution in [0.3, 0.4) is 0 Å². The number of amides is 1. The third kappa shape index (κ3) is 4.88. The number of nitrogens with zero attached hydrogens (tertiary/aromatic N) is 1. The van der Waals surface area contributed by atoms with E-state index in [1.165, 1.54) is 6.92 Å². The molecule has 4 rings (SSSR count). The third-order valence-electron chi connectivity index (χ3n) is 6.36. The Kier molecular flexibility index (Phi) is 6.26. The van der Waals surface area contributed by atoms with Crippen LogP contribution in [0.1, 0.15) is 55.1 Å². The molecule has 166 valence electrons. The Morgan fingerprint density at radius 2 is 1.97 bits per heavy atom. The highest BCUT2D eigenvalue weighted by atomic mass is 35.5. The molecule has 1 amide bonds. The van der Waals surface area contributed by atoms with Crippen molar-refractivity contribution in [3.63, 3.8) is 0 Å². The van der Waals surface area contributed by atoms with Crippen LogP contribution in [0.2, 0.25) is 5.02 Å². The zero-order valence-corrected chi connectivity index (χ0v) is 18.7. The smallest absolute Gasteiger partial charge is 0.221 e. The van der Waals surface area contributed by atoms with Crippen molar-refractivity contribution in [3.05, 3.63) is 58.1 Å². The minimum atomic E-state index is -0.608. The van der Waals surface area contributed by atoms with Crippen LogP contribution in [0.5, 0.6) is 5.75 Å². The number of hydrogen-bond acceptors (Lipinski definition) is 5. The molecule has 0 unspecified atom stereocenters. The molecule has 1 saturated heterocycles. The topological polar surface area (TPSA) is 82.0 Å². The quantitative estimate of drug-likeness (QED) is 0.664. The maximum absolute atomic E-state index is 11.1. The Labute approximate surface area is 187 Å². The van der Waals surface area contributed by atoms with Crippen LogP contribution in [0.4, 0.5) is 5.69 Å². The van der Waals surface area contributed by atoms with Crippen LogP contribution in [-0.4, -0.2) is 46.3 Å². The van der Waals surface area contributed by atoms with E-state index < -0.39 is 12.2 Å². The van der Waals surface area contributed by atoms with Gasteiger partial charge in [0.25, 0.3) is 0 Å². The zero-order valence-electron chi connectivity index (χ0n) is 17.9. The van der Waals surface area contributed by atoms with Gasteiger partial charge >= 0.3 is 0 Å². The summed E-state index contributed by atoms with van der Waals surface area (Å²) in [5.41, 5.74) is 2.86. The predicted octanol–water partition coefficient (Wildman–Crippen LogP) is 3.99. The number of benzene rings is 2. The van der Waals surface area contributed by atoms with Crippen molar-refractivity contribution in [3.8, 4) is 5.75 Å². The van der Waals surface area contributed by atoms with Crippen molar-refractivity contribution < 1.29 is 19.7 Å². The van der Waals surface area contributed by atoms with Crippen LogP contribution in [0, 0.1) is 6.92 Å². The minimum Gasteiger partial charge on any atom is -0.487 e. The van der Waals surface area contributed by atoms with Crippen molar-refractivity contribution >= 4 is 23.2 Å². The number of hydrogen-bond donors (Lipinski definition) is 3. The number of nitrogens with one attached hydrogen (secondary N) is 1. The summed E-state index contributed by atoms with van der Waals surface area (Å²) >= 11 is 6.22. The first-order valence-electron chi connectivity index (χ1n) is 10.7. The molecule has 7 heteroatoms. The number of ether oxygens (including phenoxy) is 1. The molecule has 0 aromatic heterocycles. The van der Waals surface area contributed by atoms with Gasteiger partial charge in [-0.25, -0.2) is 0 Å². The highest BCUT2D eigenvalue weighted by Crippen LogP contribution is 2.45. The molecule has 0 aliphatic carbocycles. The molecule has 2 atom stereocenters. The number of aliphatic hydroxyl groups excluding tert-OH is 2. The molecule has 6 nitrogen and oxygen atoms in total. The lowest BCUT2D eigenvalue weighted by Gasteiger charge is -2.46. The van der Waals surface area contributed by atoms with E-state index in [0.29, 0.717) is 23.7 Å². The summed E-state index contributed by atoms with van der Waals surface area (Å²) in [7, 11) is 0. The molecule has 2 aliphatic rings. The molecule has 2 heterocycles. The summed E-state index contributed by atoms with van der Waals surface area (Å²) in [6, 6.07) is 11.0. The molecule has 2 aromatic carbocycles. The molecule has 2 aromatic rings. The van der Waals surface area contributed by atoms with Gasteiger partial charge in [0.2, 0.25) is 5.91 Å². The first kappa shape index (κ1) is 22.1. The highest BCUT2D eigenvalue weighted by molar-refractivity contribution is 6.31. The number of aryl methyl sites for hydroxylation is 1. The molecule has 0 radical (unpaired) electrons. The lowest BCUT2D eigenvalue weighted by molar-refractivity contribution is -0.114. The Morgan fingerprint density at radius 3 is 2.61 bits per heavy atom. The van der Waals surface area contributed by atoms with Crippen molar-refractivity contribution in [2.75, 3.05) is 25.0 Å². The Balaban J connectivity index is 1.36. The number of likely N-dealkylation sites (tertiary alicyclic amines) is 1. The summed E-state index contributed by atoms with van der Waals surface area (Å²) < 4.78 is 6.41. The number of aliphatic hydroxyl groups is 2. The first-order chi connectivity index (χ1) is 14.7. The predicted molar refractivity (Wildman–Crippen MR) is 121 cm³/mol.